The standard InChI is InChI=1S/C19H25N3O2S/c1-3-24-16-8-6-15(7-9-16)19-21-14(2)17(25-19)18(23)20-10-13-22-11-4-5-12-22/h6-9H,3-5,10-13H2,1-2H3,(H,20,23). The van der Waals surface area contributed by atoms with Gasteiger partial charge in [-0.15, -0.1) is 11.3 Å². The number of amides is 1. The summed E-state index contributed by atoms with van der Waals surface area (Å²) in [5.74, 6) is 0.825. The zero-order chi connectivity index (χ0) is 17.6. The molecule has 0 bridgehead atoms. The maximum absolute atomic E-state index is 12.4. The SMILES string of the molecule is CCOc1ccc(-c2nc(C)c(C(=O)NCCN3CCCC3)s2)cc1. The first-order valence-corrected chi connectivity index (χ1v) is 9.70. The van der Waals surface area contributed by atoms with E-state index in [1.807, 2.05) is 38.1 Å². The highest BCUT2D eigenvalue weighted by molar-refractivity contribution is 7.17. The number of benzene rings is 1. The topological polar surface area (TPSA) is 54.5 Å². The molecule has 1 saturated heterocycles. The van der Waals surface area contributed by atoms with Crippen molar-refractivity contribution in [2.45, 2.75) is 26.7 Å². The van der Waals surface area contributed by atoms with Gasteiger partial charge in [0.1, 0.15) is 15.6 Å². The minimum absolute atomic E-state index is 0.0219. The number of hydrogen-bond acceptors (Lipinski definition) is 5. The van der Waals surface area contributed by atoms with Crippen LogP contribution in [0.15, 0.2) is 24.3 Å². The molecule has 1 aromatic heterocycles. The van der Waals surface area contributed by atoms with E-state index >= 15 is 0 Å². The number of likely N-dealkylation sites (tertiary alicyclic amines) is 1. The van der Waals surface area contributed by atoms with Crippen molar-refractivity contribution in [1.29, 1.82) is 0 Å². The molecule has 1 amide bonds. The molecular formula is C19H25N3O2S. The highest BCUT2D eigenvalue weighted by Crippen LogP contribution is 2.29. The fourth-order valence-corrected chi connectivity index (χ4v) is 3.99. The van der Waals surface area contributed by atoms with E-state index in [4.69, 9.17) is 4.74 Å². The Morgan fingerprint density at radius 1 is 1.28 bits per heavy atom. The van der Waals surface area contributed by atoms with E-state index in [1.54, 1.807) is 0 Å². The molecule has 1 aromatic carbocycles. The predicted molar refractivity (Wildman–Crippen MR) is 101 cm³/mol. The van der Waals surface area contributed by atoms with Crippen LogP contribution in [0.4, 0.5) is 0 Å². The fraction of sp³-hybridized carbons (Fsp3) is 0.474. The molecule has 3 rings (SSSR count). The van der Waals surface area contributed by atoms with Crippen LogP contribution in [0.1, 0.15) is 35.1 Å². The van der Waals surface area contributed by atoms with E-state index in [0.29, 0.717) is 18.0 Å². The highest BCUT2D eigenvalue weighted by atomic mass is 32.1. The summed E-state index contributed by atoms with van der Waals surface area (Å²) in [6.07, 6.45) is 2.54. The molecule has 2 heterocycles. The monoisotopic (exact) mass is 359 g/mol. The van der Waals surface area contributed by atoms with E-state index in [9.17, 15) is 4.79 Å². The van der Waals surface area contributed by atoms with Crippen LogP contribution in [0.5, 0.6) is 5.75 Å². The molecule has 0 atom stereocenters. The van der Waals surface area contributed by atoms with E-state index in [1.165, 1.54) is 24.2 Å². The number of aromatic nitrogens is 1. The first kappa shape index (κ1) is 17.9. The molecule has 0 spiro atoms. The van der Waals surface area contributed by atoms with Gasteiger partial charge in [0.2, 0.25) is 0 Å². The van der Waals surface area contributed by atoms with Crippen molar-refractivity contribution in [1.82, 2.24) is 15.2 Å². The van der Waals surface area contributed by atoms with Gasteiger partial charge in [-0.3, -0.25) is 4.79 Å². The molecule has 134 valence electrons. The minimum Gasteiger partial charge on any atom is -0.494 e. The second kappa shape index (κ2) is 8.45. The fourth-order valence-electron chi connectivity index (χ4n) is 3.01. The molecule has 0 aliphatic carbocycles. The smallest absolute Gasteiger partial charge is 0.263 e. The molecule has 6 heteroatoms. The van der Waals surface area contributed by atoms with Gasteiger partial charge in [0.25, 0.3) is 5.91 Å². The summed E-state index contributed by atoms with van der Waals surface area (Å²) in [6, 6.07) is 7.84. The lowest BCUT2D eigenvalue weighted by Crippen LogP contribution is -2.33. The summed E-state index contributed by atoms with van der Waals surface area (Å²) in [4.78, 5) is 20.1. The summed E-state index contributed by atoms with van der Waals surface area (Å²) in [7, 11) is 0. The van der Waals surface area contributed by atoms with Gasteiger partial charge in [0, 0.05) is 18.7 Å². The van der Waals surface area contributed by atoms with Crippen molar-refractivity contribution in [3.63, 3.8) is 0 Å². The molecule has 0 unspecified atom stereocenters. The van der Waals surface area contributed by atoms with Crippen molar-refractivity contribution in [3.05, 3.63) is 34.8 Å². The molecule has 1 fully saturated rings. The summed E-state index contributed by atoms with van der Waals surface area (Å²) < 4.78 is 5.47. The Hall–Kier alpha value is -1.92. The van der Waals surface area contributed by atoms with Crippen LogP contribution in [-0.4, -0.2) is 48.6 Å². The van der Waals surface area contributed by atoms with Crippen LogP contribution in [0, 0.1) is 6.92 Å². The molecule has 2 aromatic rings. The second-order valence-corrected chi connectivity index (χ2v) is 7.19. The number of thiazole rings is 1. The quantitative estimate of drug-likeness (QED) is 0.824. The Balaban J connectivity index is 1.61. The Morgan fingerprint density at radius 2 is 2.00 bits per heavy atom. The predicted octanol–water partition coefficient (Wildman–Crippen LogP) is 3.34. The molecule has 25 heavy (non-hydrogen) atoms. The summed E-state index contributed by atoms with van der Waals surface area (Å²) >= 11 is 1.45. The maximum Gasteiger partial charge on any atom is 0.263 e. The largest absolute Gasteiger partial charge is 0.494 e. The summed E-state index contributed by atoms with van der Waals surface area (Å²) in [5, 5.41) is 3.89. The maximum atomic E-state index is 12.4. The molecule has 0 radical (unpaired) electrons. The van der Waals surface area contributed by atoms with Crippen molar-refractivity contribution in [2.24, 2.45) is 0 Å². The number of nitrogens with one attached hydrogen (secondary N) is 1. The van der Waals surface area contributed by atoms with E-state index < -0.39 is 0 Å². The molecule has 1 aliphatic heterocycles. The van der Waals surface area contributed by atoms with Crippen LogP contribution in [0.2, 0.25) is 0 Å². The Kier molecular flexibility index (Phi) is 6.04. The third-order valence-corrected chi connectivity index (χ3v) is 5.53. The van der Waals surface area contributed by atoms with Crippen LogP contribution in [0.25, 0.3) is 10.6 Å². The van der Waals surface area contributed by atoms with E-state index in [2.05, 4.69) is 15.2 Å². The lowest BCUT2D eigenvalue weighted by Gasteiger charge is -2.14. The van der Waals surface area contributed by atoms with Crippen molar-refractivity contribution in [2.75, 3.05) is 32.8 Å². The molecule has 1 N–H and O–H groups in total. The average molecular weight is 359 g/mol. The van der Waals surface area contributed by atoms with Crippen LogP contribution < -0.4 is 10.1 Å². The third-order valence-electron chi connectivity index (χ3n) is 4.33. The summed E-state index contributed by atoms with van der Waals surface area (Å²) in [5.41, 5.74) is 1.79. The number of ether oxygens (including phenoxy) is 1. The lowest BCUT2D eigenvalue weighted by atomic mass is 10.2. The number of carbonyl (C=O) groups is 1. The van der Waals surface area contributed by atoms with Crippen LogP contribution in [-0.2, 0) is 0 Å². The van der Waals surface area contributed by atoms with Gasteiger partial charge in [-0.25, -0.2) is 4.98 Å². The van der Waals surface area contributed by atoms with Gasteiger partial charge < -0.3 is 15.0 Å². The summed E-state index contributed by atoms with van der Waals surface area (Å²) in [6.45, 7) is 8.42. The Bertz CT molecular complexity index is 706. The number of hydrogen-bond donors (Lipinski definition) is 1. The number of carbonyl (C=O) groups excluding carboxylic acids is 1. The average Bonchev–Trinajstić information content (AvgIpc) is 3.25. The van der Waals surface area contributed by atoms with E-state index in [-0.39, 0.29) is 5.91 Å². The van der Waals surface area contributed by atoms with Gasteiger partial charge in [-0.05, 0) is 64.0 Å². The van der Waals surface area contributed by atoms with Gasteiger partial charge in [0.15, 0.2) is 0 Å². The van der Waals surface area contributed by atoms with Gasteiger partial charge in [-0.2, -0.15) is 0 Å². The Morgan fingerprint density at radius 3 is 2.68 bits per heavy atom. The minimum atomic E-state index is -0.0219. The third kappa shape index (κ3) is 4.58. The van der Waals surface area contributed by atoms with Crippen molar-refractivity contribution >= 4 is 17.2 Å². The lowest BCUT2D eigenvalue weighted by molar-refractivity contribution is 0.0953. The van der Waals surface area contributed by atoms with Crippen LogP contribution >= 0.6 is 11.3 Å². The van der Waals surface area contributed by atoms with Gasteiger partial charge >= 0.3 is 0 Å². The normalized spacial score (nSPS) is 14.6. The second-order valence-electron chi connectivity index (χ2n) is 6.20. The molecular weight excluding hydrogens is 334 g/mol. The van der Waals surface area contributed by atoms with Crippen molar-refractivity contribution in [3.8, 4) is 16.3 Å². The Labute approximate surface area is 153 Å². The van der Waals surface area contributed by atoms with Gasteiger partial charge in [-0.1, -0.05) is 0 Å². The van der Waals surface area contributed by atoms with Gasteiger partial charge in [0.05, 0.1) is 12.3 Å². The number of nitrogens with zero attached hydrogens (tertiary/aromatic N) is 2. The zero-order valence-electron chi connectivity index (χ0n) is 14.9. The van der Waals surface area contributed by atoms with E-state index in [0.717, 1.165) is 41.6 Å². The van der Waals surface area contributed by atoms with Crippen molar-refractivity contribution < 1.29 is 9.53 Å². The zero-order valence-corrected chi connectivity index (χ0v) is 15.7. The highest BCUT2D eigenvalue weighted by Gasteiger charge is 2.17. The molecule has 0 saturated carbocycles. The first-order chi connectivity index (χ1) is 12.2. The number of aryl methyl sites for hydroxylation is 1. The first-order valence-electron chi connectivity index (χ1n) is 8.88. The number of rotatable bonds is 7. The van der Waals surface area contributed by atoms with Crippen LogP contribution in [0.3, 0.4) is 0 Å². The molecule has 1 aliphatic rings. The molecule has 5 nitrogen and oxygen atoms in total.